The van der Waals surface area contributed by atoms with Crippen molar-refractivity contribution in [3.8, 4) is 5.75 Å². The quantitative estimate of drug-likeness (QED) is 0.831. The van der Waals surface area contributed by atoms with E-state index in [-0.39, 0.29) is 0 Å². The van der Waals surface area contributed by atoms with Gasteiger partial charge in [0.1, 0.15) is 5.75 Å². The maximum Gasteiger partial charge on any atom is 0.389 e. The van der Waals surface area contributed by atoms with E-state index in [2.05, 4.69) is 4.98 Å². The first-order chi connectivity index (χ1) is 10.8. The van der Waals surface area contributed by atoms with Gasteiger partial charge in [0, 0.05) is 37.5 Å². The molecule has 2 heterocycles. The summed E-state index contributed by atoms with van der Waals surface area (Å²) in [6, 6.07) is 3.65. The molecule has 0 saturated carbocycles. The van der Waals surface area contributed by atoms with Crippen LogP contribution in [-0.4, -0.2) is 41.7 Å². The van der Waals surface area contributed by atoms with Crippen molar-refractivity contribution in [1.29, 1.82) is 0 Å². The molecule has 0 atom stereocenters. The van der Waals surface area contributed by atoms with Gasteiger partial charge in [-0.2, -0.15) is 13.2 Å². The summed E-state index contributed by atoms with van der Waals surface area (Å²) in [6.45, 7) is 3.44. The number of carbonyl (C=O) groups excluding carboxylic acids is 1. The van der Waals surface area contributed by atoms with Crippen molar-refractivity contribution in [2.24, 2.45) is 5.92 Å². The third kappa shape index (κ3) is 6.08. The Labute approximate surface area is 133 Å². The van der Waals surface area contributed by atoms with E-state index in [9.17, 15) is 18.0 Å². The Bertz CT molecular complexity index is 526. The number of rotatable bonds is 5. The molecule has 0 spiro atoms. The molecule has 1 saturated heterocycles. The van der Waals surface area contributed by atoms with Crippen LogP contribution in [0, 0.1) is 12.8 Å². The summed E-state index contributed by atoms with van der Waals surface area (Å²) in [6.07, 6.45) is -2.59. The number of ether oxygens (including phenoxy) is 1. The second-order valence-corrected chi connectivity index (χ2v) is 5.88. The molecule has 7 heteroatoms. The summed E-state index contributed by atoms with van der Waals surface area (Å²) in [5, 5.41) is 0. The smallest absolute Gasteiger partial charge is 0.389 e. The number of nitrogens with zero attached hydrogens (tertiary/aromatic N) is 2. The normalized spacial score (nSPS) is 16.4. The topological polar surface area (TPSA) is 42.4 Å². The lowest BCUT2D eigenvalue weighted by atomic mass is 9.97. The zero-order chi connectivity index (χ0) is 16.9. The number of amides is 1. The van der Waals surface area contributed by atoms with Gasteiger partial charge in [0.25, 0.3) is 0 Å². The molecule has 1 aliphatic heterocycles. The van der Waals surface area contributed by atoms with Gasteiger partial charge in [-0.25, -0.2) is 0 Å². The van der Waals surface area contributed by atoms with E-state index in [0.29, 0.717) is 25.6 Å². The first-order valence-electron chi connectivity index (χ1n) is 7.73. The van der Waals surface area contributed by atoms with Crippen LogP contribution >= 0.6 is 0 Å². The predicted molar refractivity (Wildman–Crippen MR) is 79.1 cm³/mol. The van der Waals surface area contributed by atoms with E-state index in [4.69, 9.17) is 4.74 Å². The number of alkyl halides is 3. The van der Waals surface area contributed by atoms with Crippen molar-refractivity contribution in [3.05, 3.63) is 24.0 Å². The van der Waals surface area contributed by atoms with Crippen LogP contribution in [0.4, 0.5) is 13.2 Å². The van der Waals surface area contributed by atoms with E-state index in [1.807, 2.05) is 13.0 Å². The van der Waals surface area contributed by atoms with E-state index in [1.54, 1.807) is 12.3 Å². The van der Waals surface area contributed by atoms with E-state index in [0.717, 1.165) is 24.3 Å². The Kier molecular flexibility index (Phi) is 5.85. The third-order valence-electron chi connectivity index (χ3n) is 3.94. The van der Waals surface area contributed by atoms with Gasteiger partial charge >= 0.3 is 6.18 Å². The van der Waals surface area contributed by atoms with Crippen LogP contribution in [0.25, 0.3) is 0 Å². The Morgan fingerprint density at radius 2 is 2.09 bits per heavy atom. The van der Waals surface area contributed by atoms with Crippen LogP contribution in [0.2, 0.25) is 0 Å². The molecule has 1 aliphatic rings. The molecule has 0 N–H and O–H groups in total. The second-order valence-electron chi connectivity index (χ2n) is 5.88. The van der Waals surface area contributed by atoms with Crippen LogP contribution in [0.3, 0.4) is 0 Å². The summed E-state index contributed by atoms with van der Waals surface area (Å²) >= 11 is 0. The van der Waals surface area contributed by atoms with Crippen LogP contribution in [0.15, 0.2) is 18.3 Å². The van der Waals surface area contributed by atoms with E-state index >= 15 is 0 Å². The molecule has 0 unspecified atom stereocenters. The minimum Gasteiger partial charge on any atom is -0.493 e. The molecule has 0 bridgehead atoms. The highest BCUT2D eigenvalue weighted by Gasteiger charge is 2.30. The molecule has 2 rings (SSSR count). The fraction of sp³-hybridized carbons (Fsp3) is 0.625. The van der Waals surface area contributed by atoms with Gasteiger partial charge in [0.15, 0.2) is 0 Å². The fourth-order valence-corrected chi connectivity index (χ4v) is 2.58. The number of aryl methyl sites for hydroxylation is 1. The summed E-state index contributed by atoms with van der Waals surface area (Å²) < 4.78 is 42.2. The summed E-state index contributed by atoms with van der Waals surface area (Å²) in [5.74, 6) is 0.669. The van der Waals surface area contributed by atoms with E-state index in [1.165, 1.54) is 4.90 Å². The number of pyridine rings is 1. The second kappa shape index (κ2) is 7.66. The number of aromatic nitrogens is 1. The third-order valence-corrected chi connectivity index (χ3v) is 3.94. The van der Waals surface area contributed by atoms with Gasteiger partial charge in [-0.3, -0.25) is 9.78 Å². The maximum atomic E-state index is 12.1. The number of carbonyl (C=O) groups is 1. The molecule has 128 valence electrons. The van der Waals surface area contributed by atoms with Gasteiger partial charge in [0.05, 0.1) is 13.0 Å². The molecule has 1 aromatic rings. The molecule has 23 heavy (non-hydrogen) atoms. The van der Waals surface area contributed by atoms with Crippen molar-refractivity contribution in [2.75, 3.05) is 19.7 Å². The summed E-state index contributed by atoms with van der Waals surface area (Å²) in [5.41, 5.74) is 0.882. The minimum atomic E-state index is -4.27. The Morgan fingerprint density at radius 3 is 2.70 bits per heavy atom. The lowest BCUT2D eigenvalue weighted by Gasteiger charge is -2.32. The average Bonchev–Trinajstić information content (AvgIpc) is 2.50. The van der Waals surface area contributed by atoms with E-state index < -0.39 is 24.9 Å². The standard InChI is InChI=1S/C16H21F3N2O2/c1-12-10-14(3-7-20-12)23-11-13-4-8-21(9-5-13)15(22)2-6-16(17,18)19/h3,7,10,13H,2,4-6,8-9,11H2,1H3. The zero-order valence-corrected chi connectivity index (χ0v) is 13.1. The van der Waals surface area contributed by atoms with Gasteiger partial charge < -0.3 is 9.64 Å². The largest absolute Gasteiger partial charge is 0.493 e. The lowest BCUT2D eigenvalue weighted by molar-refractivity contribution is -0.149. The SMILES string of the molecule is Cc1cc(OCC2CCN(C(=O)CCC(F)(F)F)CC2)ccn1. The first-order valence-corrected chi connectivity index (χ1v) is 7.73. The van der Waals surface area contributed by atoms with Crippen LogP contribution in [0.1, 0.15) is 31.4 Å². The molecule has 0 aromatic carbocycles. The zero-order valence-electron chi connectivity index (χ0n) is 13.1. The molecule has 0 radical (unpaired) electrons. The maximum absolute atomic E-state index is 12.1. The van der Waals surface area contributed by atoms with Crippen LogP contribution in [-0.2, 0) is 4.79 Å². The molecule has 0 aliphatic carbocycles. The number of hydrogen-bond donors (Lipinski definition) is 0. The Balaban J connectivity index is 1.70. The molecule has 1 aromatic heterocycles. The summed E-state index contributed by atoms with van der Waals surface area (Å²) in [4.78, 5) is 17.4. The first kappa shape index (κ1) is 17.6. The van der Waals surface area contributed by atoms with Gasteiger partial charge in [0.2, 0.25) is 5.91 Å². The number of hydrogen-bond acceptors (Lipinski definition) is 3. The molecular weight excluding hydrogens is 309 g/mol. The van der Waals surface area contributed by atoms with Crippen molar-refractivity contribution in [2.45, 2.75) is 38.8 Å². The average molecular weight is 330 g/mol. The van der Waals surface area contributed by atoms with Crippen molar-refractivity contribution < 1.29 is 22.7 Å². The summed E-state index contributed by atoms with van der Waals surface area (Å²) in [7, 11) is 0. The highest BCUT2D eigenvalue weighted by atomic mass is 19.4. The molecular formula is C16H21F3N2O2. The number of piperidine rings is 1. The molecule has 1 fully saturated rings. The molecule has 4 nitrogen and oxygen atoms in total. The van der Waals surface area contributed by atoms with Crippen molar-refractivity contribution in [1.82, 2.24) is 9.88 Å². The van der Waals surface area contributed by atoms with Crippen molar-refractivity contribution in [3.63, 3.8) is 0 Å². The number of halogens is 3. The predicted octanol–water partition coefficient (Wildman–Crippen LogP) is 3.35. The van der Waals surface area contributed by atoms with Gasteiger partial charge in [-0.05, 0) is 31.7 Å². The molecule has 1 amide bonds. The van der Waals surface area contributed by atoms with Crippen molar-refractivity contribution >= 4 is 5.91 Å². The monoisotopic (exact) mass is 330 g/mol. The van der Waals surface area contributed by atoms with Gasteiger partial charge in [-0.15, -0.1) is 0 Å². The lowest BCUT2D eigenvalue weighted by Crippen LogP contribution is -2.40. The van der Waals surface area contributed by atoms with Crippen LogP contribution < -0.4 is 4.74 Å². The fourth-order valence-electron chi connectivity index (χ4n) is 2.58. The van der Waals surface area contributed by atoms with Crippen LogP contribution in [0.5, 0.6) is 5.75 Å². The Hall–Kier alpha value is -1.79. The minimum absolute atomic E-state index is 0.315. The highest BCUT2D eigenvalue weighted by Crippen LogP contribution is 2.24. The Morgan fingerprint density at radius 1 is 1.39 bits per heavy atom. The van der Waals surface area contributed by atoms with Gasteiger partial charge in [-0.1, -0.05) is 0 Å². The number of likely N-dealkylation sites (tertiary alicyclic amines) is 1. The highest BCUT2D eigenvalue weighted by molar-refractivity contribution is 5.76.